The maximum atomic E-state index is 9.90. The predicted molar refractivity (Wildman–Crippen MR) is 45.9 cm³/mol. The molecule has 0 saturated heterocycles. The van der Waals surface area contributed by atoms with Crippen molar-refractivity contribution in [3.05, 3.63) is 0 Å². The number of nitrogens with zero attached hydrogens (tertiary/aromatic N) is 3. The van der Waals surface area contributed by atoms with E-state index in [0.717, 1.165) is 4.48 Å². The zero-order chi connectivity index (χ0) is 8.91. The molecule has 0 aliphatic carbocycles. The van der Waals surface area contributed by atoms with Crippen molar-refractivity contribution in [2.24, 2.45) is 9.98 Å². The lowest BCUT2D eigenvalue weighted by atomic mass is 10.7. The number of hydrogen-bond donors (Lipinski definition) is 0. The summed E-state index contributed by atoms with van der Waals surface area (Å²) in [6, 6.07) is 0. The molecule has 11 heavy (non-hydrogen) atoms. The molecule has 0 aromatic rings. The van der Waals surface area contributed by atoms with Crippen LogP contribution in [0.2, 0.25) is 0 Å². The lowest BCUT2D eigenvalue weighted by Crippen LogP contribution is -2.27. The van der Waals surface area contributed by atoms with E-state index >= 15 is 0 Å². The van der Waals surface area contributed by atoms with Crippen LogP contribution >= 0.6 is 0 Å². The van der Waals surface area contributed by atoms with Crippen molar-refractivity contribution in [3.8, 4) is 0 Å². The summed E-state index contributed by atoms with van der Waals surface area (Å²) < 4.78 is 1.00. The first-order valence-corrected chi connectivity index (χ1v) is 3.28. The van der Waals surface area contributed by atoms with Gasteiger partial charge in [0.05, 0.1) is 34.4 Å². The average Bonchev–Trinajstić information content (AvgIpc) is 2.12. The van der Waals surface area contributed by atoms with E-state index in [4.69, 9.17) is 0 Å². The first-order chi connectivity index (χ1) is 4.89. The van der Waals surface area contributed by atoms with Gasteiger partial charge in [0.2, 0.25) is 0 Å². The highest BCUT2D eigenvalue weighted by Gasteiger charge is 1.92. The van der Waals surface area contributed by atoms with E-state index < -0.39 is 0 Å². The van der Waals surface area contributed by atoms with Crippen molar-refractivity contribution < 1.29 is 9.28 Å². The third-order valence-corrected chi connectivity index (χ3v) is 0.437. The molecule has 0 bridgehead atoms. The van der Waals surface area contributed by atoms with Gasteiger partial charge in [-0.05, 0) is 0 Å². The number of rotatable bonds is 0. The Bertz CT molecular complexity index is 168. The maximum absolute atomic E-state index is 9.90. The molecular weight excluding hydrogens is 142 g/mol. The summed E-state index contributed by atoms with van der Waals surface area (Å²) in [5.41, 5.74) is 0. The molecule has 1 amide bonds. The van der Waals surface area contributed by atoms with E-state index in [1.807, 2.05) is 0 Å². The van der Waals surface area contributed by atoms with Gasteiger partial charge in [0.1, 0.15) is 6.34 Å². The summed E-state index contributed by atoms with van der Waals surface area (Å²) in [6.07, 6.45) is 2.39. The van der Waals surface area contributed by atoms with Crippen molar-refractivity contribution in [1.29, 1.82) is 0 Å². The standard InChI is InChI=1S/C4H12N.C3H2N2O/c1-5(2,3)4;6-3-1-4-2-5-3/h1-4H3;1-2H/q+1;. The van der Waals surface area contributed by atoms with Gasteiger partial charge >= 0.3 is 0 Å². The zero-order valence-electron chi connectivity index (χ0n) is 7.40. The minimum Gasteiger partial charge on any atom is -0.333 e. The monoisotopic (exact) mass is 156 g/mol. The summed E-state index contributed by atoms with van der Waals surface area (Å²) in [7, 11) is 8.50. The molecule has 0 fully saturated rings. The van der Waals surface area contributed by atoms with Crippen LogP contribution in [0.3, 0.4) is 0 Å². The molecule has 0 spiro atoms. The first kappa shape index (κ1) is 9.97. The van der Waals surface area contributed by atoms with Crippen LogP contribution in [-0.2, 0) is 4.79 Å². The fourth-order valence-corrected chi connectivity index (χ4v) is 0.221. The van der Waals surface area contributed by atoms with Gasteiger partial charge in [-0.15, -0.1) is 0 Å². The molecule has 62 valence electrons. The molecule has 1 rings (SSSR count). The lowest BCUT2D eigenvalue weighted by molar-refractivity contribution is -0.849. The molecule has 0 radical (unpaired) electrons. The predicted octanol–water partition coefficient (Wildman–Crippen LogP) is -0.0519. The minimum absolute atomic E-state index is 0.269. The van der Waals surface area contributed by atoms with Crippen LogP contribution in [-0.4, -0.2) is 51.1 Å². The van der Waals surface area contributed by atoms with E-state index in [-0.39, 0.29) is 5.91 Å². The summed E-state index contributed by atoms with van der Waals surface area (Å²) in [5.74, 6) is -0.269. The second kappa shape index (κ2) is 3.98. The van der Waals surface area contributed by atoms with Gasteiger partial charge < -0.3 is 4.48 Å². The Hall–Kier alpha value is -1.03. The van der Waals surface area contributed by atoms with Crippen molar-refractivity contribution in [3.63, 3.8) is 0 Å². The van der Waals surface area contributed by atoms with Crippen molar-refractivity contribution >= 4 is 18.5 Å². The van der Waals surface area contributed by atoms with Crippen LogP contribution < -0.4 is 0 Å². The topological polar surface area (TPSA) is 41.8 Å². The average molecular weight is 156 g/mol. The Balaban J connectivity index is 0.000000187. The van der Waals surface area contributed by atoms with Crippen LogP contribution in [0.1, 0.15) is 0 Å². The quantitative estimate of drug-likeness (QED) is 0.453. The molecule has 0 N–H and O–H groups in total. The number of aliphatic imine (C=N–C) groups is 2. The second-order valence-corrected chi connectivity index (χ2v) is 3.54. The third kappa shape index (κ3) is 12.2. The highest BCUT2D eigenvalue weighted by atomic mass is 16.1. The number of quaternary nitrogens is 1. The van der Waals surface area contributed by atoms with Crippen molar-refractivity contribution in [2.75, 3.05) is 28.2 Å². The van der Waals surface area contributed by atoms with Crippen LogP contribution in [0.4, 0.5) is 0 Å². The molecule has 0 atom stereocenters. The van der Waals surface area contributed by atoms with E-state index in [1.165, 1.54) is 12.6 Å². The molecule has 0 aromatic carbocycles. The van der Waals surface area contributed by atoms with Gasteiger partial charge in [-0.25, -0.2) is 4.99 Å². The van der Waals surface area contributed by atoms with Gasteiger partial charge in [0.15, 0.2) is 0 Å². The Morgan fingerprint density at radius 1 is 1.27 bits per heavy atom. The number of carbonyl (C=O) groups is 1. The molecule has 0 saturated carbocycles. The summed E-state index contributed by atoms with van der Waals surface area (Å²) in [4.78, 5) is 16.5. The van der Waals surface area contributed by atoms with Crippen LogP contribution in [0.5, 0.6) is 0 Å². The minimum atomic E-state index is -0.269. The highest BCUT2D eigenvalue weighted by molar-refractivity contribution is 6.32. The molecule has 4 heteroatoms. The highest BCUT2D eigenvalue weighted by Crippen LogP contribution is 1.75. The van der Waals surface area contributed by atoms with E-state index in [0.29, 0.717) is 0 Å². The van der Waals surface area contributed by atoms with Crippen LogP contribution in [0, 0.1) is 0 Å². The smallest absolute Gasteiger partial charge is 0.289 e. The van der Waals surface area contributed by atoms with Crippen LogP contribution in [0.15, 0.2) is 9.98 Å². The maximum Gasteiger partial charge on any atom is 0.289 e. The normalized spacial score (nSPS) is 14.7. The second-order valence-electron chi connectivity index (χ2n) is 3.54. The fraction of sp³-hybridized carbons (Fsp3) is 0.571. The Morgan fingerprint density at radius 3 is 1.82 bits per heavy atom. The third-order valence-electron chi connectivity index (χ3n) is 0.437. The summed E-state index contributed by atoms with van der Waals surface area (Å²) in [6.45, 7) is 0. The molecule has 1 aliphatic heterocycles. The molecule has 0 unspecified atom stereocenters. The Labute approximate surface area is 66.9 Å². The van der Waals surface area contributed by atoms with Gasteiger partial charge in [-0.2, -0.15) is 4.99 Å². The SMILES string of the molecule is C[N+](C)(C)C.O=C1C=NC=N1. The molecule has 0 aromatic heterocycles. The molecule has 1 heterocycles. The van der Waals surface area contributed by atoms with E-state index in [1.54, 1.807) is 0 Å². The van der Waals surface area contributed by atoms with Gasteiger partial charge in [-0.1, -0.05) is 0 Å². The molecular formula is C7H14N3O+. The van der Waals surface area contributed by atoms with E-state index in [9.17, 15) is 4.79 Å². The number of hydrogen-bond acceptors (Lipinski definition) is 2. The summed E-state index contributed by atoms with van der Waals surface area (Å²) >= 11 is 0. The fourth-order valence-electron chi connectivity index (χ4n) is 0.221. The van der Waals surface area contributed by atoms with Gasteiger partial charge in [-0.3, -0.25) is 4.79 Å². The molecule has 4 nitrogen and oxygen atoms in total. The largest absolute Gasteiger partial charge is 0.333 e. The summed E-state index contributed by atoms with van der Waals surface area (Å²) in [5, 5.41) is 0. The van der Waals surface area contributed by atoms with E-state index in [2.05, 4.69) is 38.2 Å². The Kier molecular flexibility index (Phi) is 3.60. The lowest BCUT2D eigenvalue weighted by Gasteiger charge is -2.14. The number of carbonyl (C=O) groups excluding carboxylic acids is 1. The van der Waals surface area contributed by atoms with Gasteiger partial charge in [0, 0.05) is 0 Å². The first-order valence-electron chi connectivity index (χ1n) is 3.28. The van der Waals surface area contributed by atoms with Crippen molar-refractivity contribution in [2.45, 2.75) is 0 Å². The number of amides is 1. The van der Waals surface area contributed by atoms with Crippen LogP contribution in [0.25, 0.3) is 0 Å². The Morgan fingerprint density at radius 2 is 1.73 bits per heavy atom. The van der Waals surface area contributed by atoms with Crippen molar-refractivity contribution in [1.82, 2.24) is 0 Å². The van der Waals surface area contributed by atoms with Gasteiger partial charge in [0.25, 0.3) is 5.91 Å². The zero-order valence-corrected chi connectivity index (χ0v) is 7.40. The molecule has 1 aliphatic rings.